The molecule has 0 radical (unpaired) electrons. The number of benzene rings is 3. The van der Waals surface area contributed by atoms with Crippen LogP contribution in [0.2, 0.25) is 10.0 Å². The monoisotopic (exact) mass is 547 g/mol. The molecule has 1 N–H and O–H groups in total. The summed E-state index contributed by atoms with van der Waals surface area (Å²) in [5.41, 5.74) is 5.14. The minimum absolute atomic E-state index is 0.0565. The summed E-state index contributed by atoms with van der Waals surface area (Å²) in [4.78, 5) is 4.55. The normalized spacial score (nSPS) is 11.5. The summed E-state index contributed by atoms with van der Waals surface area (Å²) < 4.78 is 36.1. The molecule has 0 spiro atoms. The van der Waals surface area contributed by atoms with Crippen LogP contribution >= 0.6 is 34.5 Å². The second-order valence-corrected chi connectivity index (χ2v) is 10.2. The number of thiazole rings is 1. The van der Waals surface area contributed by atoms with E-state index in [1.165, 1.54) is 29.5 Å². The minimum Gasteiger partial charge on any atom is -0.490 e. The van der Waals surface area contributed by atoms with Gasteiger partial charge < -0.3 is 8.92 Å². The van der Waals surface area contributed by atoms with Crippen molar-refractivity contribution in [2.24, 2.45) is 5.10 Å². The van der Waals surface area contributed by atoms with E-state index in [4.69, 9.17) is 32.1 Å². The fourth-order valence-corrected chi connectivity index (χ4v) is 4.90. The van der Waals surface area contributed by atoms with Crippen LogP contribution in [0.15, 0.2) is 82.1 Å². The number of hydrogen-bond acceptors (Lipinski definition) is 8. The Morgan fingerprint density at radius 2 is 1.83 bits per heavy atom. The van der Waals surface area contributed by atoms with E-state index in [0.717, 1.165) is 11.3 Å². The largest absolute Gasteiger partial charge is 0.490 e. The Kier molecular flexibility index (Phi) is 7.92. The number of nitrogens with one attached hydrogen (secondary N) is 1. The molecule has 180 valence electrons. The molecule has 1 aromatic heterocycles. The Hall–Kier alpha value is -3.11. The number of ether oxygens (including phenoxy) is 1. The molecule has 4 aromatic rings. The van der Waals surface area contributed by atoms with E-state index in [1.807, 2.05) is 11.4 Å². The summed E-state index contributed by atoms with van der Waals surface area (Å²) in [6.07, 6.45) is 1.57. The summed E-state index contributed by atoms with van der Waals surface area (Å²) in [7, 11) is -3.99. The van der Waals surface area contributed by atoms with Gasteiger partial charge in [-0.05, 0) is 55.0 Å². The average Bonchev–Trinajstić information content (AvgIpc) is 3.32. The van der Waals surface area contributed by atoms with Gasteiger partial charge in [-0.1, -0.05) is 47.5 Å². The van der Waals surface area contributed by atoms with Crippen LogP contribution in [-0.2, 0) is 10.1 Å². The van der Waals surface area contributed by atoms with Crippen molar-refractivity contribution in [3.63, 3.8) is 0 Å². The quantitative estimate of drug-likeness (QED) is 0.142. The van der Waals surface area contributed by atoms with Crippen LogP contribution in [0.4, 0.5) is 5.13 Å². The van der Waals surface area contributed by atoms with Crippen LogP contribution in [0, 0.1) is 0 Å². The number of hydrogen-bond donors (Lipinski definition) is 1. The zero-order valence-corrected chi connectivity index (χ0v) is 21.5. The first-order valence-electron chi connectivity index (χ1n) is 10.3. The van der Waals surface area contributed by atoms with Crippen LogP contribution in [0.1, 0.15) is 12.5 Å². The lowest BCUT2D eigenvalue weighted by Crippen LogP contribution is -2.10. The molecule has 0 saturated carbocycles. The summed E-state index contributed by atoms with van der Waals surface area (Å²) in [6.45, 7) is 2.13. The lowest BCUT2D eigenvalue weighted by Gasteiger charge is -2.12. The highest BCUT2D eigenvalue weighted by atomic mass is 35.5. The van der Waals surface area contributed by atoms with Gasteiger partial charge >= 0.3 is 10.1 Å². The Morgan fingerprint density at radius 1 is 1.03 bits per heavy atom. The van der Waals surface area contributed by atoms with E-state index in [0.29, 0.717) is 27.3 Å². The summed E-state index contributed by atoms with van der Waals surface area (Å²) >= 11 is 13.4. The van der Waals surface area contributed by atoms with Crippen molar-refractivity contribution in [1.29, 1.82) is 0 Å². The van der Waals surface area contributed by atoms with Crippen molar-refractivity contribution in [3.05, 3.63) is 87.7 Å². The van der Waals surface area contributed by atoms with Crippen molar-refractivity contribution < 1.29 is 17.3 Å². The van der Waals surface area contributed by atoms with Crippen molar-refractivity contribution in [1.82, 2.24) is 4.98 Å². The van der Waals surface area contributed by atoms with Crippen molar-refractivity contribution in [2.75, 3.05) is 12.0 Å². The number of anilines is 1. The van der Waals surface area contributed by atoms with Gasteiger partial charge in [-0.25, -0.2) is 4.98 Å². The zero-order valence-electron chi connectivity index (χ0n) is 18.3. The van der Waals surface area contributed by atoms with Gasteiger partial charge in [0.2, 0.25) is 5.13 Å². The lowest BCUT2D eigenvalue weighted by atomic mass is 10.2. The number of nitrogens with zero attached hydrogens (tertiary/aromatic N) is 2. The number of rotatable bonds is 9. The van der Waals surface area contributed by atoms with Gasteiger partial charge in [0.05, 0.1) is 28.6 Å². The number of halogens is 2. The van der Waals surface area contributed by atoms with Crippen LogP contribution in [-0.4, -0.2) is 26.2 Å². The molecule has 7 nitrogen and oxygen atoms in total. The van der Waals surface area contributed by atoms with Crippen LogP contribution in [0.3, 0.4) is 0 Å². The first-order valence-corrected chi connectivity index (χ1v) is 13.4. The predicted octanol–water partition coefficient (Wildman–Crippen LogP) is 6.73. The first-order chi connectivity index (χ1) is 16.9. The molecule has 35 heavy (non-hydrogen) atoms. The second kappa shape index (κ2) is 11.1. The van der Waals surface area contributed by atoms with Crippen molar-refractivity contribution in [2.45, 2.75) is 11.8 Å². The molecule has 0 aliphatic rings. The smallest absolute Gasteiger partial charge is 0.339 e. The maximum absolute atomic E-state index is 12.6. The molecular formula is C24H19Cl2N3O4S2. The van der Waals surface area contributed by atoms with E-state index in [1.54, 1.807) is 55.6 Å². The lowest BCUT2D eigenvalue weighted by molar-refractivity contribution is 0.327. The predicted molar refractivity (Wildman–Crippen MR) is 141 cm³/mol. The number of aromatic nitrogens is 1. The Bertz CT molecular complexity index is 1460. The van der Waals surface area contributed by atoms with Gasteiger partial charge in [-0.15, -0.1) is 11.3 Å². The molecule has 11 heteroatoms. The molecule has 0 atom stereocenters. The second-order valence-electron chi connectivity index (χ2n) is 7.03. The molecule has 0 saturated heterocycles. The maximum atomic E-state index is 12.6. The maximum Gasteiger partial charge on any atom is 0.339 e. The van der Waals surface area contributed by atoms with Crippen LogP contribution < -0.4 is 14.3 Å². The van der Waals surface area contributed by atoms with Gasteiger partial charge in [0.25, 0.3) is 0 Å². The summed E-state index contributed by atoms with van der Waals surface area (Å²) in [5, 5.41) is 7.62. The van der Waals surface area contributed by atoms with Gasteiger partial charge in [-0.2, -0.15) is 13.5 Å². The molecule has 0 fully saturated rings. The third-order valence-corrected chi connectivity index (χ3v) is 7.33. The summed E-state index contributed by atoms with van der Waals surface area (Å²) in [5.74, 6) is 0.374. The SMILES string of the molecule is CCOc1cc(/C=N\Nc2nc(-c3ccc(Cl)c(Cl)c3)cs2)ccc1OS(=O)(=O)c1ccccc1. The van der Waals surface area contributed by atoms with Gasteiger partial charge in [-0.3, -0.25) is 5.43 Å². The van der Waals surface area contributed by atoms with Gasteiger partial charge in [0.15, 0.2) is 11.5 Å². The molecular weight excluding hydrogens is 529 g/mol. The molecule has 0 amide bonds. The Balaban J connectivity index is 1.47. The molecule has 0 bridgehead atoms. The molecule has 0 unspecified atom stereocenters. The third kappa shape index (κ3) is 6.32. The van der Waals surface area contributed by atoms with E-state index < -0.39 is 10.1 Å². The van der Waals surface area contributed by atoms with E-state index in [9.17, 15) is 8.42 Å². The van der Waals surface area contributed by atoms with Crippen molar-refractivity contribution >= 4 is 56.0 Å². The third-order valence-electron chi connectivity index (χ3n) is 4.59. The molecule has 0 aliphatic heterocycles. The van der Waals surface area contributed by atoms with Gasteiger partial charge in [0.1, 0.15) is 4.90 Å². The topological polar surface area (TPSA) is 89.9 Å². The van der Waals surface area contributed by atoms with Crippen LogP contribution in [0.25, 0.3) is 11.3 Å². The average molecular weight is 548 g/mol. The van der Waals surface area contributed by atoms with E-state index in [-0.39, 0.29) is 16.4 Å². The fourth-order valence-electron chi connectivity index (χ4n) is 2.97. The standard InChI is InChI=1S/C24H19Cl2N3O4S2/c1-2-32-23-12-16(8-11-22(23)33-35(30,31)18-6-4-3-5-7-18)14-27-29-24-28-21(15-34-24)17-9-10-19(25)20(26)13-17/h3-15H,2H2,1H3,(H,28,29)/b27-14-. The highest BCUT2D eigenvalue weighted by Crippen LogP contribution is 2.32. The highest BCUT2D eigenvalue weighted by molar-refractivity contribution is 7.87. The first kappa shape index (κ1) is 25.0. The molecule has 4 rings (SSSR count). The van der Waals surface area contributed by atoms with Crippen molar-refractivity contribution in [3.8, 4) is 22.8 Å². The molecule has 1 heterocycles. The number of hydrazone groups is 1. The minimum atomic E-state index is -3.99. The van der Waals surface area contributed by atoms with Gasteiger partial charge in [0, 0.05) is 10.9 Å². The summed E-state index contributed by atoms with van der Waals surface area (Å²) in [6, 6.07) is 18.1. The highest BCUT2D eigenvalue weighted by Gasteiger charge is 2.19. The zero-order chi connectivity index (χ0) is 24.8. The molecule has 0 aliphatic carbocycles. The fraction of sp³-hybridized carbons (Fsp3) is 0.0833. The Labute approximate surface area is 217 Å². The molecule has 3 aromatic carbocycles. The van der Waals surface area contributed by atoms with E-state index in [2.05, 4.69) is 15.5 Å². The Morgan fingerprint density at radius 3 is 2.57 bits per heavy atom. The van der Waals surface area contributed by atoms with E-state index >= 15 is 0 Å². The van der Waals surface area contributed by atoms with Crippen LogP contribution in [0.5, 0.6) is 11.5 Å².